The van der Waals surface area contributed by atoms with Gasteiger partial charge in [0.2, 0.25) is 0 Å². The summed E-state index contributed by atoms with van der Waals surface area (Å²) < 4.78 is 0. The van der Waals surface area contributed by atoms with Crippen LogP contribution in [-0.2, 0) is 4.79 Å². The van der Waals surface area contributed by atoms with Crippen LogP contribution >= 0.6 is 0 Å². The lowest BCUT2D eigenvalue weighted by molar-refractivity contribution is -0.122. The standard InChI is InChI=1S/C11H20O/c1-2-3-7-10-8-5-4-6-9-11(10)12/h10H,2-9H2,1H3. The number of hydrogen-bond donors (Lipinski definition) is 0. The first-order valence-electron chi connectivity index (χ1n) is 5.37. The van der Waals surface area contributed by atoms with Gasteiger partial charge in [0.05, 0.1) is 0 Å². The molecule has 0 saturated heterocycles. The predicted octanol–water partition coefficient (Wildman–Crippen LogP) is 3.33. The second kappa shape index (κ2) is 5.34. The molecule has 1 heteroatoms. The van der Waals surface area contributed by atoms with Crippen molar-refractivity contribution in [2.45, 2.75) is 58.3 Å². The van der Waals surface area contributed by atoms with Crippen LogP contribution in [0, 0.1) is 5.92 Å². The van der Waals surface area contributed by atoms with E-state index in [2.05, 4.69) is 6.92 Å². The predicted molar refractivity (Wildman–Crippen MR) is 51.1 cm³/mol. The van der Waals surface area contributed by atoms with Crippen molar-refractivity contribution in [3.8, 4) is 0 Å². The molecule has 1 atom stereocenters. The molecule has 1 nitrogen and oxygen atoms in total. The lowest BCUT2D eigenvalue weighted by Gasteiger charge is -2.11. The van der Waals surface area contributed by atoms with Crippen LogP contribution in [0.5, 0.6) is 0 Å². The molecule has 1 aliphatic carbocycles. The molecule has 0 aliphatic heterocycles. The van der Waals surface area contributed by atoms with Crippen LogP contribution in [0.4, 0.5) is 0 Å². The topological polar surface area (TPSA) is 17.1 Å². The van der Waals surface area contributed by atoms with E-state index < -0.39 is 0 Å². The Kier molecular flexibility index (Phi) is 4.34. The minimum absolute atomic E-state index is 0.424. The fourth-order valence-corrected chi connectivity index (χ4v) is 1.99. The summed E-state index contributed by atoms with van der Waals surface area (Å²) in [6.07, 6.45) is 9.32. The zero-order valence-corrected chi connectivity index (χ0v) is 8.14. The number of rotatable bonds is 3. The van der Waals surface area contributed by atoms with Gasteiger partial charge in [0.1, 0.15) is 5.78 Å². The summed E-state index contributed by atoms with van der Waals surface area (Å²) in [6.45, 7) is 2.20. The van der Waals surface area contributed by atoms with Crippen molar-refractivity contribution in [1.82, 2.24) is 0 Å². The average molecular weight is 168 g/mol. The summed E-state index contributed by atoms with van der Waals surface area (Å²) in [5.41, 5.74) is 0. The van der Waals surface area contributed by atoms with Crippen LogP contribution in [0.1, 0.15) is 58.3 Å². The monoisotopic (exact) mass is 168 g/mol. The van der Waals surface area contributed by atoms with Crippen LogP contribution in [0.2, 0.25) is 0 Å². The maximum absolute atomic E-state index is 11.5. The highest BCUT2D eigenvalue weighted by Gasteiger charge is 2.19. The second-order valence-corrected chi connectivity index (χ2v) is 3.90. The van der Waals surface area contributed by atoms with Gasteiger partial charge in [0, 0.05) is 12.3 Å². The molecular weight excluding hydrogens is 148 g/mol. The maximum atomic E-state index is 11.5. The molecule has 0 heterocycles. The Balaban J connectivity index is 2.31. The molecule has 1 aliphatic rings. The van der Waals surface area contributed by atoms with E-state index >= 15 is 0 Å². The summed E-state index contributed by atoms with van der Waals surface area (Å²) >= 11 is 0. The van der Waals surface area contributed by atoms with Crippen molar-refractivity contribution < 1.29 is 4.79 Å². The third-order valence-electron chi connectivity index (χ3n) is 2.84. The van der Waals surface area contributed by atoms with E-state index in [0.717, 1.165) is 19.3 Å². The number of carbonyl (C=O) groups is 1. The van der Waals surface area contributed by atoms with Crippen molar-refractivity contribution in [2.75, 3.05) is 0 Å². The van der Waals surface area contributed by atoms with Crippen molar-refractivity contribution in [2.24, 2.45) is 5.92 Å². The third kappa shape index (κ3) is 2.96. The van der Waals surface area contributed by atoms with E-state index in [0.29, 0.717) is 11.7 Å². The number of carbonyl (C=O) groups excluding carboxylic acids is 1. The van der Waals surface area contributed by atoms with Crippen molar-refractivity contribution in [3.63, 3.8) is 0 Å². The Morgan fingerprint density at radius 3 is 2.92 bits per heavy atom. The molecular formula is C11H20O. The molecule has 0 aromatic carbocycles. The Bertz CT molecular complexity index is 140. The van der Waals surface area contributed by atoms with Gasteiger partial charge in [-0.05, 0) is 19.3 Å². The zero-order valence-electron chi connectivity index (χ0n) is 8.14. The molecule has 0 bridgehead atoms. The molecule has 0 radical (unpaired) electrons. The smallest absolute Gasteiger partial charge is 0.135 e. The van der Waals surface area contributed by atoms with Crippen LogP contribution < -0.4 is 0 Å². The highest BCUT2D eigenvalue weighted by Crippen LogP contribution is 2.23. The van der Waals surface area contributed by atoms with Gasteiger partial charge in [-0.2, -0.15) is 0 Å². The lowest BCUT2D eigenvalue weighted by atomic mass is 9.93. The van der Waals surface area contributed by atoms with Gasteiger partial charge >= 0.3 is 0 Å². The van der Waals surface area contributed by atoms with Gasteiger partial charge in [-0.1, -0.05) is 32.6 Å². The van der Waals surface area contributed by atoms with Crippen LogP contribution in [0.3, 0.4) is 0 Å². The SMILES string of the molecule is CCCCC1CCCCCC1=O. The van der Waals surface area contributed by atoms with E-state index in [4.69, 9.17) is 0 Å². The van der Waals surface area contributed by atoms with Gasteiger partial charge in [-0.25, -0.2) is 0 Å². The minimum atomic E-state index is 0.424. The molecule has 1 rings (SSSR count). The molecule has 1 fully saturated rings. The van der Waals surface area contributed by atoms with Gasteiger partial charge in [0.25, 0.3) is 0 Å². The highest BCUT2D eigenvalue weighted by molar-refractivity contribution is 5.81. The largest absolute Gasteiger partial charge is 0.299 e. The van der Waals surface area contributed by atoms with Crippen LogP contribution in [0.25, 0.3) is 0 Å². The number of hydrogen-bond acceptors (Lipinski definition) is 1. The fourth-order valence-electron chi connectivity index (χ4n) is 1.99. The first kappa shape index (κ1) is 9.76. The zero-order chi connectivity index (χ0) is 8.81. The number of Topliss-reactive ketones (excluding diaryl/α,β-unsaturated/α-hetero) is 1. The summed E-state index contributed by atoms with van der Waals surface area (Å²) in [5.74, 6) is 0.966. The summed E-state index contributed by atoms with van der Waals surface area (Å²) in [5, 5.41) is 0. The Hall–Kier alpha value is -0.330. The van der Waals surface area contributed by atoms with E-state index in [-0.39, 0.29) is 0 Å². The molecule has 0 amide bonds. The van der Waals surface area contributed by atoms with Crippen molar-refractivity contribution in [1.29, 1.82) is 0 Å². The molecule has 0 aromatic heterocycles. The summed E-state index contributed by atoms with van der Waals surface area (Å²) in [6, 6.07) is 0. The van der Waals surface area contributed by atoms with E-state index in [1.807, 2.05) is 0 Å². The van der Waals surface area contributed by atoms with E-state index in [9.17, 15) is 4.79 Å². The minimum Gasteiger partial charge on any atom is -0.299 e. The Morgan fingerprint density at radius 2 is 2.17 bits per heavy atom. The van der Waals surface area contributed by atoms with E-state index in [1.54, 1.807) is 0 Å². The molecule has 0 aromatic rings. The lowest BCUT2D eigenvalue weighted by Crippen LogP contribution is -2.11. The molecule has 12 heavy (non-hydrogen) atoms. The van der Waals surface area contributed by atoms with Gasteiger partial charge in [-0.3, -0.25) is 4.79 Å². The Labute approximate surface area is 75.5 Å². The first-order chi connectivity index (χ1) is 5.84. The quantitative estimate of drug-likeness (QED) is 0.591. The average Bonchev–Trinajstić information content (AvgIpc) is 2.27. The first-order valence-corrected chi connectivity index (χ1v) is 5.37. The van der Waals surface area contributed by atoms with Crippen LogP contribution in [-0.4, -0.2) is 5.78 Å². The van der Waals surface area contributed by atoms with Gasteiger partial charge in [-0.15, -0.1) is 0 Å². The summed E-state index contributed by atoms with van der Waals surface area (Å²) in [4.78, 5) is 11.5. The third-order valence-corrected chi connectivity index (χ3v) is 2.84. The number of unbranched alkanes of at least 4 members (excludes halogenated alkanes) is 1. The van der Waals surface area contributed by atoms with Crippen molar-refractivity contribution in [3.05, 3.63) is 0 Å². The fraction of sp³-hybridized carbons (Fsp3) is 0.909. The molecule has 0 spiro atoms. The normalized spacial score (nSPS) is 25.4. The Morgan fingerprint density at radius 1 is 1.33 bits per heavy atom. The van der Waals surface area contributed by atoms with E-state index in [1.165, 1.54) is 32.1 Å². The number of ketones is 1. The second-order valence-electron chi connectivity index (χ2n) is 3.90. The van der Waals surface area contributed by atoms with Crippen molar-refractivity contribution >= 4 is 5.78 Å². The van der Waals surface area contributed by atoms with Crippen LogP contribution in [0.15, 0.2) is 0 Å². The molecule has 0 N–H and O–H groups in total. The molecule has 1 saturated carbocycles. The molecule has 70 valence electrons. The summed E-state index contributed by atoms with van der Waals surface area (Å²) in [7, 11) is 0. The highest BCUT2D eigenvalue weighted by atomic mass is 16.1. The van der Waals surface area contributed by atoms with Gasteiger partial charge in [0.15, 0.2) is 0 Å². The molecule has 1 unspecified atom stereocenters. The maximum Gasteiger partial charge on any atom is 0.135 e. The van der Waals surface area contributed by atoms with Gasteiger partial charge < -0.3 is 0 Å².